The first-order valence-corrected chi connectivity index (χ1v) is 4.57. The first-order valence-electron chi connectivity index (χ1n) is 4.19. The summed E-state index contributed by atoms with van der Waals surface area (Å²) < 4.78 is 0. The lowest BCUT2D eigenvalue weighted by molar-refractivity contribution is -0.255. The second kappa shape index (κ2) is 3.74. The highest BCUT2D eigenvalue weighted by atomic mass is 35.5. The van der Waals surface area contributed by atoms with Crippen LogP contribution in [0, 0.1) is 0 Å². The molecule has 0 aliphatic heterocycles. The van der Waals surface area contributed by atoms with Crippen LogP contribution in [0.5, 0.6) is 0 Å². The Balaban J connectivity index is 2.37. The minimum atomic E-state index is -1.28. The highest BCUT2D eigenvalue weighted by Crippen LogP contribution is 2.19. The maximum atomic E-state index is 10.5. The Kier molecular flexibility index (Phi) is 2.43. The third-order valence-corrected chi connectivity index (χ3v) is 2.19. The molecule has 0 fully saturated rings. The van der Waals surface area contributed by atoms with Gasteiger partial charge in [-0.05, 0) is 18.2 Å². The molecule has 0 saturated heterocycles. The minimum absolute atomic E-state index is 0.0417. The maximum Gasteiger partial charge on any atom is 0.0927 e. The molecule has 1 aromatic carbocycles. The molecule has 76 valence electrons. The average molecular weight is 222 g/mol. The van der Waals surface area contributed by atoms with Crippen molar-refractivity contribution in [2.75, 3.05) is 0 Å². The summed E-state index contributed by atoms with van der Waals surface area (Å²) in [6.45, 7) is 0. The van der Waals surface area contributed by atoms with Crippen LogP contribution in [0.1, 0.15) is 10.5 Å². The van der Waals surface area contributed by atoms with Crippen molar-refractivity contribution < 1.29 is 9.90 Å². The van der Waals surface area contributed by atoms with Crippen LogP contribution in [0.15, 0.2) is 30.3 Å². The van der Waals surface area contributed by atoms with Crippen molar-refractivity contribution in [2.45, 2.75) is 0 Å². The van der Waals surface area contributed by atoms with E-state index in [0.717, 1.165) is 5.56 Å². The van der Waals surface area contributed by atoms with Crippen LogP contribution in [0.4, 0.5) is 0 Å². The average Bonchev–Trinajstić information content (AvgIpc) is 2.68. The van der Waals surface area contributed by atoms with Crippen LogP contribution >= 0.6 is 11.6 Å². The molecular formula is C10H6ClN2O2-. The zero-order chi connectivity index (χ0) is 10.8. The SMILES string of the molecule is O=C([O-])c1cc(-c2ccc(Cl)cc2)n[nH]1. The highest BCUT2D eigenvalue weighted by molar-refractivity contribution is 6.30. The number of benzene rings is 1. The van der Waals surface area contributed by atoms with Crippen molar-refractivity contribution in [1.29, 1.82) is 0 Å². The van der Waals surface area contributed by atoms with E-state index in [1.807, 2.05) is 0 Å². The van der Waals surface area contributed by atoms with Gasteiger partial charge in [0.25, 0.3) is 0 Å². The van der Waals surface area contributed by atoms with E-state index in [0.29, 0.717) is 10.7 Å². The third kappa shape index (κ3) is 1.99. The van der Waals surface area contributed by atoms with E-state index in [2.05, 4.69) is 10.2 Å². The predicted molar refractivity (Wildman–Crippen MR) is 53.4 cm³/mol. The van der Waals surface area contributed by atoms with Crippen LogP contribution in [0.2, 0.25) is 5.02 Å². The van der Waals surface area contributed by atoms with E-state index in [1.165, 1.54) is 6.07 Å². The molecule has 5 heteroatoms. The van der Waals surface area contributed by atoms with Gasteiger partial charge in [0.1, 0.15) is 0 Å². The summed E-state index contributed by atoms with van der Waals surface area (Å²) in [7, 11) is 0. The lowest BCUT2D eigenvalue weighted by Gasteiger charge is -1.95. The van der Waals surface area contributed by atoms with Crippen LogP contribution in [0.25, 0.3) is 11.3 Å². The Labute approximate surface area is 90.5 Å². The van der Waals surface area contributed by atoms with Crippen LogP contribution < -0.4 is 5.11 Å². The highest BCUT2D eigenvalue weighted by Gasteiger charge is 2.03. The van der Waals surface area contributed by atoms with Crippen LogP contribution in [-0.4, -0.2) is 16.2 Å². The van der Waals surface area contributed by atoms with Gasteiger partial charge >= 0.3 is 0 Å². The van der Waals surface area contributed by atoms with E-state index in [9.17, 15) is 9.90 Å². The predicted octanol–water partition coefficient (Wildman–Crippen LogP) is 1.09. The quantitative estimate of drug-likeness (QED) is 0.826. The van der Waals surface area contributed by atoms with E-state index < -0.39 is 5.97 Å². The molecule has 1 heterocycles. The number of hydrogen-bond donors (Lipinski definition) is 1. The number of nitrogens with one attached hydrogen (secondary N) is 1. The van der Waals surface area contributed by atoms with Crippen molar-refractivity contribution in [3.8, 4) is 11.3 Å². The van der Waals surface area contributed by atoms with Gasteiger partial charge in [-0.15, -0.1) is 0 Å². The second-order valence-electron chi connectivity index (χ2n) is 2.96. The summed E-state index contributed by atoms with van der Waals surface area (Å²) in [4.78, 5) is 10.5. The zero-order valence-electron chi connectivity index (χ0n) is 7.53. The standard InChI is InChI=1S/C10H7ClN2O2/c11-7-3-1-6(2-4-7)8-5-9(10(14)15)13-12-8/h1-5H,(H,12,13)(H,14,15)/p-1. The zero-order valence-corrected chi connectivity index (χ0v) is 8.28. The Morgan fingerprint density at radius 2 is 2.00 bits per heavy atom. The van der Waals surface area contributed by atoms with Crippen molar-refractivity contribution in [3.63, 3.8) is 0 Å². The lowest BCUT2D eigenvalue weighted by Crippen LogP contribution is -2.22. The second-order valence-corrected chi connectivity index (χ2v) is 3.40. The molecule has 0 aliphatic rings. The Bertz CT molecular complexity index is 490. The Hall–Kier alpha value is -1.81. The van der Waals surface area contributed by atoms with Gasteiger partial charge in [-0.25, -0.2) is 0 Å². The molecule has 0 unspecified atom stereocenters. The lowest BCUT2D eigenvalue weighted by atomic mass is 10.1. The van der Waals surface area contributed by atoms with Gasteiger partial charge in [-0.1, -0.05) is 23.7 Å². The molecule has 0 bridgehead atoms. The summed E-state index contributed by atoms with van der Waals surface area (Å²) in [6.07, 6.45) is 0. The van der Waals surface area contributed by atoms with Crippen molar-refractivity contribution in [3.05, 3.63) is 41.0 Å². The molecule has 2 rings (SSSR count). The number of nitrogens with zero attached hydrogens (tertiary/aromatic N) is 1. The van der Waals surface area contributed by atoms with Gasteiger partial charge in [-0.2, -0.15) is 5.10 Å². The molecule has 1 N–H and O–H groups in total. The summed E-state index contributed by atoms with van der Waals surface area (Å²) in [5.74, 6) is -1.28. The number of aromatic nitrogens is 2. The number of hydrogen-bond acceptors (Lipinski definition) is 3. The summed E-state index contributed by atoms with van der Waals surface area (Å²) >= 11 is 5.72. The van der Waals surface area contributed by atoms with Gasteiger partial charge in [-0.3, -0.25) is 5.10 Å². The molecule has 2 aromatic rings. The number of rotatable bonds is 2. The largest absolute Gasteiger partial charge is 0.543 e. The molecule has 0 atom stereocenters. The van der Waals surface area contributed by atoms with Gasteiger partial charge in [0.2, 0.25) is 0 Å². The topological polar surface area (TPSA) is 68.8 Å². The fourth-order valence-electron chi connectivity index (χ4n) is 1.19. The molecular weight excluding hydrogens is 216 g/mol. The molecule has 0 radical (unpaired) electrons. The molecule has 0 aliphatic carbocycles. The number of aromatic amines is 1. The summed E-state index contributed by atoms with van der Waals surface area (Å²) in [6, 6.07) is 8.36. The summed E-state index contributed by atoms with van der Waals surface area (Å²) in [5.41, 5.74) is 1.30. The van der Waals surface area contributed by atoms with E-state index in [-0.39, 0.29) is 5.69 Å². The van der Waals surface area contributed by atoms with E-state index >= 15 is 0 Å². The molecule has 4 nitrogen and oxygen atoms in total. The minimum Gasteiger partial charge on any atom is -0.543 e. The number of halogens is 1. The number of carboxylic acid groups (broad SMARTS) is 1. The first kappa shape index (κ1) is 9.73. The Morgan fingerprint density at radius 1 is 1.33 bits per heavy atom. The number of aromatic carboxylic acids is 1. The fourth-order valence-corrected chi connectivity index (χ4v) is 1.32. The molecule has 1 aromatic heterocycles. The van der Waals surface area contributed by atoms with Crippen molar-refractivity contribution in [1.82, 2.24) is 10.2 Å². The molecule has 0 amide bonds. The van der Waals surface area contributed by atoms with Gasteiger partial charge in [0.05, 0.1) is 17.4 Å². The van der Waals surface area contributed by atoms with Gasteiger partial charge < -0.3 is 9.90 Å². The maximum absolute atomic E-state index is 10.5. The number of carbonyl (C=O) groups excluding carboxylic acids is 1. The first-order chi connectivity index (χ1) is 7.16. The smallest absolute Gasteiger partial charge is 0.0927 e. The van der Waals surface area contributed by atoms with Gasteiger partial charge in [0.15, 0.2) is 0 Å². The number of carboxylic acids is 1. The number of H-pyrrole nitrogens is 1. The van der Waals surface area contributed by atoms with E-state index in [1.54, 1.807) is 24.3 Å². The third-order valence-electron chi connectivity index (χ3n) is 1.94. The fraction of sp³-hybridized carbons (Fsp3) is 0. The van der Waals surface area contributed by atoms with Crippen molar-refractivity contribution in [2.24, 2.45) is 0 Å². The van der Waals surface area contributed by atoms with Crippen LogP contribution in [-0.2, 0) is 0 Å². The number of carbonyl (C=O) groups is 1. The normalized spacial score (nSPS) is 10.2. The van der Waals surface area contributed by atoms with Gasteiger partial charge in [0, 0.05) is 10.6 Å². The Morgan fingerprint density at radius 3 is 2.53 bits per heavy atom. The van der Waals surface area contributed by atoms with E-state index in [4.69, 9.17) is 11.6 Å². The summed E-state index contributed by atoms with van der Waals surface area (Å²) in [5, 5.41) is 17.3. The van der Waals surface area contributed by atoms with Crippen LogP contribution in [0.3, 0.4) is 0 Å². The molecule has 0 spiro atoms. The monoisotopic (exact) mass is 221 g/mol. The molecule has 0 saturated carbocycles. The molecule has 15 heavy (non-hydrogen) atoms. The van der Waals surface area contributed by atoms with Crippen molar-refractivity contribution >= 4 is 17.6 Å².